The molecule has 100 valence electrons. The lowest BCUT2D eigenvalue weighted by molar-refractivity contribution is -0.140. The first-order valence-electron chi connectivity index (χ1n) is 5.95. The van der Waals surface area contributed by atoms with E-state index in [2.05, 4.69) is 12.2 Å². The quantitative estimate of drug-likeness (QED) is 0.762. The SMILES string of the molecule is CC1CNCC(c2ccc(C(F)(F)F)c(F)c2)C1. The van der Waals surface area contributed by atoms with E-state index < -0.39 is 17.6 Å². The molecule has 1 saturated heterocycles. The highest BCUT2D eigenvalue weighted by atomic mass is 19.4. The van der Waals surface area contributed by atoms with Crippen molar-refractivity contribution in [3.05, 3.63) is 35.1 Å². The minimum atomic E-state index is -4.62. The largest absolute Gasteiger partial charge is 0.419 e. The molecule has 1 heterocycles. The summed E-state index contributed by atoms with van der Waals surface area (Å²) in [5, 5.41) is 3.20. The van der Waals surface area contributed by atoms with Crippen molar-refractivity contribution in [2.24, 2.45) is 5.92 Å². The molecule has 2 rings (SSSR count). The van der Waals surface area contributed by atoms with Crippen molar-refractivity contribution in [1.82, 2.24) is 5.32 Å². The standard InChI is InChI=1S/C13H15F4N/c1-8-4-10(7-18-6-8)9-2-3-11(12(14)5-9)13(15,16)17/h2-3,5,8,10,18H,4,6-7H2,1H3. The zero-order valence-corrected chi connectivity index (χ0v) is 10.0. The second kappa shape index (κ2) is 4.88. The van der Waals surface area contributed by atoms with Crippen LogP contribution in [0.15, 0.2) is 18.2 Å². The molecule has 0 saturated carbocycles. The van der Waals surface area contributed by atoms with Crippen LogP contribution in [0.1, 0.15) is 30.4 Å². The molecule has 0 bridgehead atoms. The molecule has 0 spiro atoms. The monoisotopic (exact) mass is 261 g/mol. The highest BCUT2D eigenvalue weighted by Gasteiger charge is 2.34. The van der Waals surface area contributed by atoms with Gasteiger partial charge in [-0.3, -0.25) is 0 Å². The van der Waals surface area contributed by atoms with E-state index in [1.807, 2.05) is 0 Å². The van der Waals surface area contributed by atoms with Crippen molar-refractivity contribution >= 4 is 0 Å². The Morgan fingerprint density at radius 2 is 1.94 bits per heavy atom. The first kappa shape index (κ1) is 13.3. The van der Waals surface area contributed by atoms with Gasteiger partial charge >= 0.3 is 6.18 Å². The third-order valence-corrected chi connectivity index (χ3v) is 3.34. The first-order chi connectivity index (χ1) is 8.38. The van der Waals surface area contributed by atoms with Crippen LogP contribution in [0.2, 0.25) is 0 Å². The van der Waals surface area contributed by atoms with Gasteiger partial charge in [0.25, 0.3) is 0 Å². The number of hydrogen-bond acceptors (Lipinski definition) is 1. The van der Waals surface area contributed by atoms with Crippen LogP contribution in [0.4, 0.5) is 17.6 Å². The van der Waals surface area contributed by atoms with E-state index in [0.29, 0.717) is 18.0 Å². The number of piperidine rings is 1. The summed E-state index contributed by atoms with van der Waals surface area (Å²) in [6.07, 6.45) is -3.75. The molecule has 1 N–H and O–H groups in total. The van der Waals surface area contributed by atoms with Gasteiger partial charge in [-0.1, -0.05) is 13.0 Å². The molecule has 0 aromatic heterocycles. The summed E-state index contributed by atoms with van der Waals surface area (Å²) >= 11 is 0. The van der Waals surface area contributed by atoms with E-state index in [-0.39, 0.29) is 5.92 Å². The fourth-order valence-corrected chi connectivity index (χ4v) is 2.43. The van der Waals surface area contributed by atoms with Gasteiger partial charge in [0.2, 0.25) is 0 Å². The molecular formula is C13H15F4N. The van der Waals surface area contributed by atoms with E-state index in [9.17, 15) is 17.6 Å². The minimum absolute atomic E-state index is 0.0885. The summed E-state index contributed by atoms with van der Waals surface area (Å²) in [6.45, 7) is 3.66. The number of rotatable bonds is 1. The summed E-state index contributed by atoms with van der Waals surface area (Å²) in [6, 6.07) is 3.24. The lowest BCUT2D eigenvalue weighted by atomic mass is 9.86. The molecule has 1 aliphatic heterocycles. The Morgan fingerprint density at radius 1 is 1.22 bits per heavy atom. The lowest BCUT2D eigenvalue weighted by Gasteiger charge is -2.28. The highest BCUT2D eigenvalue weighted by molar-refractivity contribution is 5.29. The second-order valence-electron chi connectivity index (χ2n) is 4.93. The first-order valence-corrected chi connectivity index (χ1v) is 5.95. The van der Waals surface area contributed by atoms with Crippen LogP contribution in [0, 0.1) is 11.7 Å². The Kier molecular flexibility index (Phi) is 3.61. The smallest absolute Gasteiger partial charge is 0.316 e. The van der Waals surface area contributed by atoms with Gasteiger partial charge in [0.05, 0.1) is 5.56 Å². The Labute approximate surface area is 103 Å². The molecule has 18 heavy (non-hydrogen) atoms. The lowest BCUT2D eigenvalue weighted by Crippen LogP contribution is -2.33. The molecule has 0 radical (unpaired) electrons. The summed E-state index contributed by atoms with van der Waals surface area (Å²) in [5.74, 6) is -0.641. The van der Waals surface area contributed by atoms with Crippen molar-refractivity contribution in [3.8, 4) is 0 Å². The van der Waals surface area contributed by atoms with Crippen LogP contribution in [0.3, 0.4) is 0 Å². The Bertz CT molecular complexity index is 427. The van der Waals surface area contributed by atoms with E-state index in [0.717, 1.165) is 25.1 Å². The molecule has 5 heteroatoms. The van der Waals surface area contributed by atoms with Crippen LogP contribution in [0.5, 0.6) is 0 Å². The van der Waals surface area contributed by atoms with Crippen molar-refractivity contribution in [1.29, 1.82) is 0 Å². The maximum Gasteiger partial charge on any atom is 0.419 e. The van der Waals surface area contributed by atoms with Gasteiger partial charge in [-0.2, -0.15) is 13.2 Å². The van der Waals surface area contributed by atoms with Crippen LogP contribution in [0.25, 0.3) is 0 Å². The maximum absolute atomic E-state index is 13.5. The molecule has 0 aliphatic carbocycles. The molecule has 0 amide bonds. The number of halogens is 4. The fourth-order valence-electron chi connectivity index (χ4n) is 2.43. The van der Waals surface area contributed by atoms with Crippen molar-refractivity contribution in [3.63, 3.8) is 0 Å². The van der Waals surface area contributed by atoms with Crippen LogP contribution in [-0.2, 0) is 6.18 Å². The number of alkyl halides is 3. The van der Waals surface area contributed by atoms with Gasteiger partial charge in [0, 0.05) is 6.54 Å². The summed E-state index contributed by atoms with van der Waals surface area (Å²) < 4.78 is 50.8. The second-order valence-corrected chi connectivity index (χ2v) is 4.93. The summed E-state index contributed by atoms with van der Waals surface area (Å²) in [4.78, 5) is 0. The summed E-state index contributed by atoms with van der Waals surface area (Å²) in [7, 11) is 0. The van der Waals surface area contributed by atoms with Crippen molar-refractivity contribution in [2.75, 3.05) is 13.1 Å². The van der Waals surface area contributed by atoms with Crippen LogP contribution < -0.4 is 5.32 Å². The van der Waals surface area contributed by atoms with Crippen molar-refractivity contribution in [2.45, 2.75) is 25.4 Å². The zero-order chi connectivity index (χ0) is 13.3. The Balaban J connectivity index is 2.23. The molecule has 1 aliphatic rings. The van der Waals surface area contributed by atoms with E-state index in [1.54, 1.807) is 0 Å². The van der Waals surface area contributed by atoms with Gasteiger partial charge in [-0.05, 0) is 42.5 Å². The predicted octanol–water partition coefficient (Wildman–Crippen LogP) is 3.56. The normalized spacial score (nSPS) is 25.2. The molecule has 1 aromatic carbocycles. The van der Waals surface area contributed by atoms with Gasteiger partial charge in [0.15, 0.2) is 0 Å². The zero-order valence-electron chi connectivity index (χ0n) is 10.0. The molecule has 2 atom stereocenters. The van der Waals surface area contributed by atoms with E-state index in [1.165, 1.54) is 6.07 Å². The third kappa shape index (κ3) is 2.83. The average Bonchev–Trinajstić information content (AvgIpc) is 2.27. The fraction of sp³-hybridized carbons (Fsp3) is 0.538. The maximum atomic E-state index is 13.5. The van der Waals surface area contributed by atoms with Crippen LogP contribution >= 0.6 is 0 Å². The molecule has 1 nitrogen and oxygen atoms in total. The Morgan fingerprint density at radius 3 is 2.50 bits per heavy atom. The number of nitrogens with one attached hydrogen (secondary N) is 1. The van der Waals surface area contributed by atoms with Gasteiger partial charge in [-0.15, -0.1) is 0 Å². The third-order valence-electron chi connectivity index (χ3n) is 3.34. The molecular weight excluding hydrogens is 246 g/mol. The number of benzene rings is 1. The van der Waals surface area contributed by atoms with Gasteiger partial charge in [-0.25, -0.2) is 4.39 Å². The predicted molar refractivity (Wildman–Crippen MR) is 60.8 cm³/mol. The topological polar surface area (TPSA) is 12.0 Å². The van der Waals surface area contributed by atoms with E-state index >= 15 is 0 Å². The highest BCUT2D eigenvalue weighted by Crippen LogP contribution is 2.34. The molecule has 1 fully saturated rings. The minimum Gasteiger partial charge on any atom is -0.316 e. The van der Waals surface area contributed by atoms with Crippen LogP contribution in [-0.4, -0.2) is 13.1 Å². The van der Waals surface area contributed by atoms with Gasteiger partial charge < -0.3 is 5.32 Å². The molecule has 2 unspecified atom stereocenters. The average molecular weight is 261 g/mol. The Hall–Kier alpha value is -1.10. The molecule has 1 aromatic rings. The van der Waals surface area contributed by atoms with Crippen molar-refractivity contribution < 1.29 is 17.6 Å². The van der Waals surface area contributed by atoms with E-state index in [4.69, 9.17) is 0 Å². The summed E-state index contributed by atoms with van der Waals surface area (Å²) in [5.41, 5.74) is -0.553. The van der Waals surface area contributed by atoms with Gasteiger partial charge in [0.1, 0.15) is 5.82 Å². The number of hydrogen-bond donors (Lipinski definition) is 1.